The molecule has 0 unspecified atom stereocenters. The van der Waals surface area contributed by atoms with Gasteiger partial charge in [0.05, 0.1) is 19.3 Å². The third kappa shape index (κ3) is 5.05. The van der Waals surface area contributed by atoms with Crippen LogP contribution in [0.2, 0.25) is 5.15 Å². The molecule has 1 aliphatic heterocycles. The molecule has 2 atom stereocenters. The summed E-state index contributed by atoms with van der Waals surface area (Å²) in [5.74, 6) is 0. The molecule has 1 amide bonds. The highest BCUT2D eigenvalue weighted by molar-refractivity contribution is 9.10. The fourth-order valence-electron chi connectivity index (χ4n) is 2.58. The van der Waals surface area contributed by atoms with Crippen molar-refractivity contribution >= 4 is 33.6 Å². The highest BCUT2D eigenvalue weighted by Gasteiger charge is 2.38. The van der Waals surface area contributed by atoms with Gasteiger partial charge in [-0.25, -0.2) is 9.78 Å². The molecule has 0 saturated carbocycles. The SMILES string of the molecule is COC[C@H]1[C@H](c2cc(Cl)nc(Br)c2)OCCN1C(=O)OC(C)(C)C. The molecule has 1 fully saturated rings. The zero-order valence-electron chi connectivity index (χ0n) is 14.2. The Hall–Kier alpha value is -0.890. The maximum Gasteiger partial charge on any atom is 0.410 e. The van der Waals surface area contributed by atoms with Crippen molar-refractivity contribution in [3.63, 3.8) is 0 Å². The Morgan fingerprint density at radius 2 is 2.21 bits per heavy atom. The fourth-order valence-corrected chi connectivity index (χ4v) is 3.35. The van der Waals surface area contributed by atoms with Crippen LogP contribution in [0.15, 0.2) is 16.7 Å². The van der Waals surface area contributed by atoms with E-state index in [-0.39, 0.29) is 18.2 Å². The number of pyridine rings is 1. The van der Waals surface area contributed by atoms with E-state index in [2.05, 4.69) is 20.9 Å². The van der Waals surface area contributed by atoms with Crippen LogP contribution < -0.4 is 0 Å². The van der Waals surface area contributed by atoms with Gasteiger partial charge in [0.1, 0.15) is 21.5 Å². The minimum atomic E-state index is -0.564. The molecule has 0 radical (unpaired) electrons. The van der Waals surface area contributed by atoms with E-state index < -0.39 is 5.60 Å². The van der Waals surface area contributed by atoms with Crippen molar-refractivity contribution < 1.29 is 19.0 Å². The Morgan fingerprint density at radius 1 is 1.50 bits per heavy atom. The molecule has 0 aromatic carbocycles. The average Bonchev–Trinajstić information content (AvgIpc) is 2.44. The number of aromatic nitrogens is 1. The van der Waals surface area contributed by atoms with Gasteiger partial charge in [-0.2, -0.15) is 0 Å². The molecule has 0 bridgehead atoms. The van der Waals surface area contributed by atoms with Gasteiger partial charge < -0.3 is 14.2 Å². The normalized spacial score (nSPS) is 21.7. The molecule has 24 heavy (non-hydrogen) atoms. The highest BCUT2D eigenvalue weighted by atomic mass is 79.9. The molecule has 6 nitrogen and oxygen atoms in total. The largest absolute Gasteiger partial charge is 0.444 e. The van der Waals surface area contributed by atoms with E-state index in [1.165, 1.54) is 0 Å². The van der Waals surface area contributed by atoms with E-state index >= 15 is 0 Å². The average molecular weight is 422 g/mol. The van der Waals surface area contributed by atoms with Crippen LogP contribution >= 0.6 is 27.5 Å². The summed E-state index contributed by atoms with van der Waals surface area (Å²) in [6.07, 6.45) is -0.750. The van der Waals surface area contributed by atoms with Gasteiger partial charge in [-0.1, -0.05) is 11.6 Å². The second kappa shape index (κ2) is 7.99. The summed E-state index contributed by atoms with van der Waals surface area (Å²) in [6.45, 7) is 6.69. The fraction of sp³-hybridized carbons (Fsp3) is 0.625. The summed E-state index contributed by atoms with van der Waals surface area (Å²) >= 11 is 9.38. The van der Waals surface area contributed by atoms with Gasteiger partial charge in [-0.15, -0.1) is 0 Å². The predicted molar refractivity (Wildman–Crippen MR) is 94.2 cm³/mol. The number of carbonyl (C=O) groups excluding carboxylic acids is 1. The zero-order chi connectivity index (χ0) is 17.9. The lowest BCUT2D eigenvalue weighted by Gasteiger charge is -2.41. The van der Waals surface area contributed by atoms with E-state index in [4.69, 9.17) is 25.8 Å². The number of rotatable bonds is 3. The van der Waals surface area contributed by atoms with E-state index in [0.29, 0.717) is 29.5 Å². The van der Waals surface area contributed by atoms with E-state index in [9.17, 15) is 4.79 Å². The Balaban J connectivity index is 2.29. The Morgan fingerprint density at radius 3 is 2.79 bits per heavy atom. The first-order valence-corrected chi connectivity index (χ1v) is 8.81. The zero-order valence-corrected chi connectivity index (χ0v) is 16.6. The van der Waals surface area contributed by atoms with Crippen molar-refractivity contribution in [2.75, 3.05) is 26.9 Å². The van der Waals surface area contributed by atoms with Crippen LogP contribution in [-0.2, 0) is 14.2 Å². The molecule has 1 aromatic rings. The van der Waals surface area contributed by atoms with Gasteiger partial charge in [0, 0.05) is 13.7 Å². The van der Waals surface area contributed by atoms with Crippen LogP contribution in [-0.4, -0.2) is 54.5 Å². The van der Waals surface area contributed by atoms with Crippen molar-refractivity contribution in [3.8, 4) is 0 Å². The number of carbonyl (C=O) groups is 1. The Labute approximate surface area is 155 Å². The molecular formula is C16H22BrClN2O4. The molecule has 134 valence electrons. The van der Waals surface area contributed by atoms with Gasteiger partial charge in [0.15, 0.2) is 0 Å². The molecule has 0 aliphatic carbocycles. The summed E-state index contributed by atoms with van der Waals surface area (Å²) in [5, 5.41) is 0.355. The first-order valence-electron chi connectivity index (χ1n) is 7.64. The number of morpholine rings is 1. The van der Waals surface area contributed by atoms with Crippen LogP contribution in [0.5, 0.6) is 0 Å². The summed E-state index contributed by atoms with van der Waals surface area (Å²) in [4.78, 5) is 18.3. The van der Waals surface area contributed by atoms with Crippen molar-refractivity contribution in [1.82, 2.24) is 9.88 Å². The third-order valence-corrected chi connectivity index (χ3v) is 4.06. The van der Waals surface area contributed by atoms with E-state index in [1.807, 2.05) is 26.8 Å². The molecule has 1 aromatic heterocycles. The van der Waals surface area contributed by atoms with Crippen molar-refractivity contribution in [1.29, 1.82) is 0 Å². The highest BCUT2D eigenvalue weighted by Crippen LogP contribution is 2.32. The molecular weight excluding hydrogens is 400 g/mol. The van der Waals surface area contributed by atoms with Crippen LogP contribution in [0.3, 0.4) is 0 Å². The smallest absolute Gasteiger partial charge is 0.410 e. The molecule has 0 spiro atoms. The monoisotopic (exact) mass is 420 g/mol. The number of amides is 1. The van der Waals surface area contributed by atoms with Gasteiger partial charge in [0.2, 0.25) is 0 Å². The number of methoxy groups -OCH3 is 1. The van der Waals surface area contributed by atoms with Gasteiger partial charge in [-0.3, -0.25) is 4.90 Å². The first kappa shape index (κ1) is 19.4. The minimum Gasteiger partial charge on any atom is -0.444 e. The molecule has 0 N–H and O–H groups in total. The lowest BCUT2D eigenvalue weighted by atomic mass is 10.0. The lowest BCUT2D eigenvalue weighted by Crippen LogP contribution is -2.53. The summed E-state index contributed by atoms with van der Waals surface area (Å²) < 4.78 is 17.4. The minimum absolute atomic E-state index is 0.316. The lowest BCUT2D eigenvalue weighted by molar-refractivity contribution is -0.0942. The summed E-state index contributed by atoms with van der Waals surface area (Å²) in [6, 6.07) is 3.25. The summed E-state index contributed by atoms with van der Waals surface area (Å²) in [5.41, 5.74) is 0.267. The molecule has 2 heterocycles. The second-order valence-corrected chi connectivity index (χ2v) is 7.73. The maximum atomic E-state index is 12.6. The third-order valence-electron chi connectivity index (χ3n) is 3.46. The number of hydrogen-bond donors (Lipinski definition) is 0. The molecule has 1 saturated heterocycles. The second-order valence-electron chi connectivity index (χ2n) is 6.53. The number of halogens is 2. The molecule has 1 aliphatic rings. The van der Waals surface area contributed by atoms with Gasteiger partial charge in [0.25, 0.3) is 0 Å². The topological polar surface area (TPSA) is 60.9 Å². The quantitative estimate of drug-likeness (QED) is 0.694. The van der Waals surface area contributed by atoms with Crippen LogP contribution in [0.1, 0.15) is 32.4 Å². The van der Waals surface area contributed by atoms with Gasteiger partial charge in [-0.05, 0) is 54.4 Å². The van der Waals surface area contributed by atoms with Crippen LogP contribution in [0.4, 0.5) is 4.79 Å². The first-order chi connectivity index (χ1) is 11.2. The van der Waals surface area contributed by atoms with Crippen molar-refractivity contribution in [2.45, 2.75) is 38.5 Å². The Kier molecular flexibility index (Phi) is 6.47. The van der Waals surface area contributed by atoms with Crippen molar-refractivity contribution in [2.24, 2.45) is 0 Å². The molecule has 8 heteroatoms. The molecule has 2 rings (SSSR count). The maximum absolute atomic E-state index is 12.6. The standard InChI is InChI=1S/C16H22BrClN2O4/c1-16(2,3)24-15(21)20-5-6-23-14(11(20)9-22-4)10-7-12(17)19-13(18)8-10/h7-8,11,14H,5-6,9H2,1-4H3/t11-,14-/m0/s1. The van der Waals surface area contributed by atoms with Gasteiger partial charge >= 0.3 is 6.09 Å². The van der Waals surface area contributed by atoms with E-state index in [0.717, 1.165) is 5.56 Å². The van der Waals surface area contributed by atoms with Crippen LogP contribution in [0, 0.1) is 0 Å². The number of nitrogens with zero attached hydrogens (tertiary/aromatic N) is 2. The number of hydrogen-bond acceptors (Lipinski definition) is 5. The van der Waals surface area contributed by atoms with Crippen molar-refractivity contribution in [3.05, 3.63) is 27.5 Å². The summed E-state index contributed by atoms with van der Waals surface area (Å²) in [7, 11) is 1.59. The van der Waals surface area contributed by atoms with E-state index in [1.54, 1.807) is 18.1 Å². The predicted octanol–water partition coefficient (Wildman–Crippen LogP) is 3.82. The number of ether oxygens (including phenoxy) is 3. The van der Waals surface area contributed by atoms with Crippen LogP contribution in [0.25, 0.3) is 0 Å². The Bertz CT molecular complexity index is 574.